The number of carboxylic acid groups (broad SMARTS) is 1. The van der Waals surface area contributed by atoms with Crippen LogP contribution in [0.2, 0.25) is 0 Å². The summed E-state index contributed by atoms with van der Waals surface area (Å²) in [5, 5.41) is 13.4. The van der Waals surface area contributed by atoms with Gasteiger partial charge in [0.1, 0.15) is 5.56 Å². The predicted octanol–water partition coefficient (Wildman–Crippen LogP) is 2.78. The number of nitrogens with zero attached hydrogens (tertiary/aromatic N) is 3. The number of hydrogen-bond acceptors (Lipinski definition) is 3. The molecule has 0 unspecified atom stereocenters. The fraction of sp³-hybridized carbons (Fsp3) is 0.500. The molecule has 0 aromatic carbocycles. The molecule has 0 saturated heterocycles. The van der Waals surface area contributed by atoms with Gasteiger partial charge in [-0.3, -0.25) is 0 Å². The van der Waals surface area contributed by atoms with Crippen molar-refractivity contribution in [3.8, 4) is 0 Å². The van der Waals surface area contributed by atoms with Gasteiger partial charge in [0.15, 0.2) is 5.65 Å². The number of rotatable bonds is 2. The Hall–Kier alpha value is -1.91. The molecule has 100 valence electrons. The van der Waals surface area contributed by atoms with E-state index < -0.39 is 5.97 Å². The highest BCUT2D eigenvalue weighted by Crippen LogP contribution is 2.33. The van der Waals surface area contributed by atoms with Crippen LogP contribution < -0.4 is 0 Å². The molecule has 0 bridgehead atoms. The zero-order chi connectivity index (χ0) is 13.4. The van der Waals surface area contributed by atoms with Crippen molar-refractivity contribution in [2.24, 2.45) is 0 Å². The summed E-state index contributed by atoms with van der Waals surface area (Å²) in [4.78, 5) is 15.5. The van der Waals surface area contributed by atoms with Gasteiger partial charge < -0.3 is 5.11 Å². The van der Waals surface area contributed by atoms with E-state index in [0.717, 1.165) is 24.2 Å². The highest BCUT2D eigenvalue weighted by Gasteiger charge is 2.22. The summed E-state index contributed by atoms with van der Waals surface area (Å²) in [5.41, 5.74) is 2.61. The van der Waals surface area contributed by atoms with Gasteiger partial charge in [-0.2, -0.15) is 5.10 Å². The van der Waals surface area contributed by atoms with E-state index >= 15 is 0 Å². The maximum absolute atomic E-state index is 11.2. The fourth-order valence-corrected chi connectivity index (χ4v) is 2.95. The number of carbonyl (C=O) groups is 1. The minimum atomic E-state index is -0.970. The maximum atomic E-state index is 11.2. The Bertz CT molecular complexity index is 627. The van der Waals surface area contributed by atoms with Crippen molar-refractivity contribution >= 4 is 11.6 Å². The molecule has 5 nitrogen and oxygen atoms in total. The van der Waals surface area contributed by atoms with Gasteiger partial charge in [-0.05, 0) is 25.8 Å². The van der Waals surface area contributed by atoms with E-state index in [9.17, 15) is 9.90 Å². The van der Waals surface area contributed by atoms with E-state index in [0.29, 0.717) is 11.6 Å². The third-order valence-electron chi connectivity index (χ3n) is 3.88. The Kier molecular flexibility index (Phi) is 2.97. The monoisotopic (exact) mass is 259 g/mol. The second kappa shape index (κ2) is 4.64. The van der Waals surface area contributed by atoms with Gasteiger partial charge in [0.05, 0.1) is 6.20 Å². The van der Waals surface area contributed by atoms with Crippen LogP contribution in [0.25, 0.3) is 5.65 Å². The van der Waals surface area contributed by atoms with Crippen LogP contribution in [0.3, 0.4) is 0 Å². The molecule has 1 aliphatic rings. The zero-order valence-electron chi connectivity index (χ0n) is 11.0. The number of aromatic carboxylic acids is 1. The lowest BCUT2D eigenvalue weighted by Crippen LogP contribution is -2.12. The Balaban J connectivity index is 2.15. The van der Waals surface area contributed by atoms with Crippen LogP contribution in [0.5, 0.6) is 0 Å². The average molecular weight is 259 g/mol. The van der Waals surface area contributed by atoms with Crippen LogP contribution in [0.15, 0.2) is 12.3 Å². The molecule has 1 aliphatic carbocycles. The summed E-state index contributed by atoms with van der Waals surface area (Å²) < 4.78 is 1.71. The molecule has 0 atom stereocenters. The van der Waals surface area contributed by atoms with E-state index in [1.807, 2.05) is 13.0 Å². The second-order valence-electron chi connectivity index (χ2n) is 5.26. The van der Waals surface area contributed by atoms with Gasteiger partial charge in [-0.1, -0.05) is 19.3 Å². The summed E-state index contributed by atoms with van der Waals surface area (Å²) >= 11 is 0. The molecule has 3 rings (SSSR count). The second-order valence-corrected chi connectivity index (χ2v) is 5.26. The molecule has 2 aromatic rings. The van der Waals surface area contributed by atoms with E-state index in [1.54, 1.807) is 4.52 Å². The largest absolute Gasteiger partial charge is 0.477 e. The van der Waals surface area contributed by atoms with Crippen LogP contribution in [0.1, 0.15) is 59.8 Å². The van der Waals surface area contributed by atoms with Gasteiger partial charge in [-0.15, -0.1) is 0 Å². The third-order valence-corrected chi connectivity index (χ3v) is 3.88. The minimum absolute atomic E-state index is 0.181. The van der Waals surface area contributed by atoms with Crippen molar-refractivity contribution in [2.75, 3.05) is 0 Å². The number of aryl methyl sites for hydroxylation is 1. The summed E-state index contributed by atoms with van der Waals surface area (Å²) in [6, 6.07) is 2.04. The lowest BCUT2D eigenvalue weighted by molar-refractivity contribution is 0.0699. The summed E-state index contributed by atoms with van der Waals surface area (Å²) in [6.07, 6.45) is 7.47. The van der Waals surface area contributed by atoms with E-state index in [2.05, 4.69) is 10.1 Å². The summed E-state index contributed by atoms with van der Waals surface area (Å²) in [7, 11) is 0. The molecule has 2 heterocycles. The molecule has 5 heteroatoms. The molecule has 1 saturated carbocycles. The fourth-order valence-electron chi connectivity index (χ4n) is 2.95. The number of fused-ring (bicyclic) bond motifs is 1. The highest BCUT2D eigenvalue weighted by atomic mass is 16.4. The first-order chi connectivity index (χ1) is 9.16. The molecule has 2 aromatic heterocycles. The smallest absolute Gasteiger partial charge is 0.341 e. The van der Waals surface area contributed by atoms with E-state index in [1.165, 1.54) is 25.5 Å². The first-order valence-electron chi connectivity index (χ1n) is 6.75. The van der Waals surface area contributed by atoms with Gasteiger partial charge in [-0.25, -0.2) is 14.3 Å². The van der Waals surface area contributed by atoms with Gasteiger partial charge in [0, 0.05) is 17.3 Å². The molecule has 1 fully saturated rings. The molecule has 0 radical (unpaired) electrons. The molecule has 0 aliphatic heterocycles. The Morgan fingerprint density at radius 1 is 1.37 bits per heavy atom. The Morgan fingerprint density at radius 2 is 2.11 bits per heavy atom. The summed E-state index contributed by atoms with van der Waals surface area (Å²) in [6.45, 7) is 1.91. The van der Waals surface area contributed by atoms with Crippen molar-refractivity contribution in [1.29, 1.82) is 0 Å². The zero-order valence-corrected chi connectivity index (χ0v) is 11.0. The number of carboxylic acids is 1. The number of aromatic nitrogens is 3. The lowest BCUT2D eigenvalue weighted by Gasteiger charge is -2.22. The van der Waals surface area contributed by atoms with Crippen molar-refractivity contribution in [3.05, 3.63) is 29.2 Å². The Labute approximate surface area is 111 Å². The molecule has 19 heavy (non-hydrogen) atoms. The normalized spacial score (nSPS) is 16.9. The topological polar surface area (TPSA) is 67.5 Å². The van der Waals surface area contributed by atoms with Crippen LogP contribution in [-0.4, -0.2) is 25.7 Å². The quantitative estimate of drug-likeness (QED) is 0.900. The Morgan fingerprint density at radius 3 is 2.79 bits per heavy atom. The van der Waals surface area contributed by atoms with Crippen molar-refractivity contribution < 1.29 is 9.90 Å². The molecule has 0 spiro atoms. The molecular formula is C14H17N3O2. The van der Waals surface area contributed by atoms with Crippen molar-refractivity contribution in [2.45, 2.75) is 44.9 Å². The standard InChI is InChI=1S/C14H17N3O2/c1-9-7-12(10-5-3-2-4-6-10)17-13(16-9)11(8-15-17)14(18)19/h7-8,10H,2-6H2,1H3,(H,18,19). The number of hydrogen-bond donors (Lipinski definition) is 1. The maximum Gasteiger partial charge on any atom is 0.341 e. The van der Waals surface area contributed by atoms with E-state index in [4.69, 9.17) is 0 Å². The van der Waals surface area contributed by atoms with Crippen molar-refractivity contribution in [1.82, 2.24) is 14.6 Å². The first kappa shape index (κ1) is 12.1. The van der Waals surface area contributed by atoms with Gasteiger partial charge in [0.25, 0.3) is 0 Å². The first-order valence-corrected chi connectivity index (χ1v) is 6.75. The van der Waals surface area contributed by atoms with Gasteiger partial charge in [0.2, 0.25) is 0 Å². The van der Waals surface area contributed by atoms with Crippen LogP contribution in [-0.2, 0) is 0 Å². The van der Waals surface area contributed by atoms with Crippen molar-refractivity contribution in [3.63, 3.8) is 0 Å². The minimum Gasteiger partial charge on any atom is -0.477 e. The van der Waals surface area contributed by atoms with Crippen LogP contribution >= 0.6 is 0 Å². The van der Waals surface area contributed by atoms with Gasteiger partial charge >= 0.3 is 5.97 Å². The molecular weight excluding hydrogens is 242 g/mol. The van der Waals surface area contributed by atoms with Crippen LogP contribution in [0, 0.1) is 6.92 Å². The molecule has 1 N–H and O–H groups in total. The average Bonchev–Trinajstić information content (AvgIpc) is 2.82. The van der Waals surface area contributed by atoms with E-state index in [-0.39, 0.29) is 5.56 Å². The molecule has 0 amide bonds. The summed E-state index contributed by atoms with van der Waals surface area (Å²) in [5.74, 6) is -0.498. The highest BCUT2D eigenvalue weighted by molar-refractivity contribution is 5.94. The van der Waals surface area contributed by atoms with Crippen LogP contribution in [0.4, 0.5) is 0 Å². The predicted molar refractivity (Wildman–Crippen MR) is 70.5 cm³/mol. The third kappa shape index (κ3) is 2.09. The SMILES string of the molecule is Cc1cc(C2CCCCC2)n2ncc(C(=O)O)c2n1. The lowest BCUT2D eigenvalue weighted by atomic mass is 9.86.